The van der Waals surface area contributed by atoms with E-state index in [1.165, 1.54) is 24.3 Å². The second kappa shape index (κ2) is 6.65. The van der Waals surface area contributed by atoms with E-state index in [9.17, 15) is 8.42 Å². The SMILES string of the molecule is C=CCOc1cccc(NS(=O)(=O)c2ccc(Cl)cc2)c1. The first-order chi connectivity index (χ1) is 10.0. The predicted octanol–water partition coefficient (Wildman–Crippen LogP) is 3.71. The van der Waals surface area contributed by atoms with Gasteiger partial charge in [-0.15, -0.1) is 0 Å². The van der Waals surface area contributed by atoms with E-state index in [1.807, 2.05) is 0 Å². The molecule has 0 unspecified atom stereocenters. The summed E-state index contributed by atoms with van der Waals surface area (Å²) in [7, 11) is -3.65. The van der Waals surface area contributed by atoms with E-state index in [0.29, 0.717) is 23.1 Å². The van der Waals surface area contributed by atoms with Crippen LogP contribution < -0.4 is 9.46 Å². The predicted molar refractivity (Wildman–Crippen MR) is 84.4 cm³/mol. The van der Waals surface area contributed by atoms with Crippen LogP contribution in [0, 0.1) is 0 Å². The summed E-state index contributed by atoms with van der Waals surface area (Å²) in [5.74, 6) is 0.561. The summed E-state index contributed by atoms with van der Waals surface area (Å²) < 4.78 is 32.3. The van der Waals surface area contributed by atoms with Crippen LogP contribution in [0.3, 0.4) is 0 Å². The smallest absolute Gasteiger partial charge is 0.261 e. The molecule has 0 bridgehead atoms. The average molecular weight is 324 g/mol. The lowest BCUT2D eigenvalue weighted by Crippen LogP contribution is -2.12. The van der Waals surface area contributed by atoms with Gasteiger partial charge in [0.1, 0.15) is 12.4 Å². The second-order valence-electron chi connectivity index (χ2n) is 4.19. The molecular weight excluding hydrogens is 310 g/mol. The molecule has 0 amide bonds. The van der Waals surface area contributed by atoms with Crippen molar-refractivity contribution in [2.45, 2.75) is 4.90 Å². The van der Waals surface area contributed by atoms with Crippen LogP contribution in [0.5, 0.6) is 5.75 Å². The molecule has 4 nitrogen and oxygen atoms in total. The zero-order valence-electron chi connectivity index (χ0n) is 11.1. The van der Waals surface area contributed by atoms with Crippen molar-refractivity contribution in [2.24, 2.45) is 0 Å². The summed E-state index contributed by atoms with van der Waals surface area (Å²) in [6.45, 7) is 3.91. The number of nitrogens with one attached hydrogen (secondary N) is 1. The monoisotopic (exact) mass is 323 g/mol. The Bertz CT molecular complexity index is 727. The van der Waals surface area contributed by atoms with E-state index in [0.717, 1.165) is 0 Å². The molecule has 6 heteroatoms. The molecule has 0 fully saturated rings. The van der Waals surface area contributed by atoms with Gasteiger partial charge in [0.15, 0.2) is 0 Å². The van der Waals surface area contributed by atoms with Crippen LogP contribution in [-0.4, -0.2) is 15.0 Å². The first-order valence-corrected chi connectivity index (χ1v) is 7.99. The number of halogens is 1. The first-order valence-electron chi connectivity index (χ1n) is 6.13. The van der Waals surface area contributed by atoms with Crippen LogP contribution in [0.4, 0.5) is 5.69 Å². The number of benzene rings is 2. The molecular formula is C15H14ClNO3S. The fourth-order valence-electron chi connectivity index (χ4n) is 1.63. The molecule has 2 rings (SSSR count). The Morgan fingerprint density at radius 1 is 1.19 bits per heavy atom. The summed E-state index contributed by atoms with van der Waals surface area (Å²) in [5, 5.41) is 0.480. The van der Waals surface area contributed by atoms with Crippen molar-refractivity contribution in [1.29, 1.82) is 0 Å². The Morgan fingerprint density at radius 2 is 1.90 bits per heavy atom. The minimum absolute atomic E-state index is 0.143. The lowest BCUT2D eigenvalue weighted by atomic mass is 10.3. The van der Waals surface area contributed by atoms with Crippen molar-refractivity contribution in [3.05, 3.63) is 66.2 Å². The Kier molecular flexibility index (Phi) is 4.88. The van der Waals surface area contributed by atoms with Crippen molar-refractivity contribution in [2.75, 3.05) is 11.3 Å². The summed E-state index contributed by atoms with van der Waals surface area (Å²) in [4.78, 5) is 0.143. The van der Waals surface area contributed by atoms with Gasteiger partial charge in [-0.2, -0.15) is 0 Å². The minimum atomic E-state index is -3.65. The zero-order chi connectivity index (χ0) is 15.3. The van der Waals surface area contributed by atoms with E-state index in [-0.39, 0.29) is 4.90 Å². The topological polar surface area (TPSA) is 55.4 Å². The molecule has 2 aromatic carbocycles. The van der Waals surface area contributed by atoms with Crippen LogP contribution in [0.2, 0.25) is 5.02 Å². The number of anilines is 1. The number of rotatable bonds is 6. The largest absolute Gasteiger partial charge is 0.489 e. The molecule has 110 valence electrons. The van der Waals surface area contributed by atoms with Crippen LogP contribution in [0.1, 0.15) is 0 Å². The van der Waals surface area contributed by atoms with Gasteiger partial charge >= 0.3 is 0 Å². The molecule has 0 atom stereocenters. The van der Waals surface area contributed by atoms with Crippen molar-refractivity contribution < 1.29 is 13.2 Å². The number of ether oxygens (including phenoxy) is 1. The maximum absolute atomic E-state index is 12.2. The number of sulfonamides is 1. The maximum Gasteiger partial charge on any atom is 0.261 e. The third kappa shape index (κ3) is 4.24. The summed E-state index contributed by atoms with van der Waals surface area (Å²) in [6, 6.07) is 12.7. The molecule has 1 N–H and O–H groups in total. The van der Waals surface area contributed by atoms with Crippen molar-refractivity contribution in [3.63, 3.8) is 0 Å². The Balaban J connectivity index is 2.20. The van der Waals surface area contributed by atoms with Crippen molar-refractivity contribution in [3.8, 4) is 5.75 Å². The molecule has 0 aliphatic heterocycles. The summed E-state index contributed by atoms with van der Waals surface area (Å²) in [6.07, 6.45) is 1.62. The van der Waals surface area contributed by atoms with Crippen LogP contribution >= 0.6 is 11.6 Å². The molecule has 0 radical (unpaired) electrons. The second-order valence-corrected chi connectivity index (χ2v) is 6.31. The van der Waals surface area contributed by atoms with Gasteiger partial charge in [0, 0.05) is 11.1 Å². The van der Waals surface area contributed by atoms with E-state index in [1.54, 1.807) is 30.3 Å². The number of hydrogen-bond acceptors (Lipinski definition) is 3. The fraction of sp³-hybridized carbons (Fsp3) is 0.0667. The van der Waals surface area contributed by atoms with Crippen molar-refractivity contribution >= 4 is 27.3 Å². The lowest BCUT2D eigenvalue weighted by molar-refractivity contribution is 0.363. The highest BCUT2D eigenvalue weighted by molar-refractivity contribution is 7.92. The fourth-order valence-corrected chi connectivity index (χ4v) is 2.81. The van der Waals surface area contributed by atoms with E-state index < -0.39 is 10.0 Å². The van der Waals surface area contributed by atoms with Gasteiger partial charge in [-0.05, 0) is 36.4 Å². The van der Waals surface area contributed by atoms with Gasteiger partial charge in [-0.25, -0.2) is 8.42 Å². The van der Waals surface area contributed by atoms with Crippen molar-refractivity contribution in [1.82, 2.24) is 0 Å². The third-order valence-electron chi connectivity index (χ3n) is 2.58. The van der Waals surface area contributed by atoms with E-state index in [2.05, 4.69) is 11.3 Å². The van der Waals surface area contributed by atoms with E-state index in [4.69, 9.17) is 16.3 Å². The summed E-state index contributed by atoms with van der Waals surface area (Å²) in [5.41, 5.74) is 0.423. The highest BCUT2D eigenvalue weighted by Gasteiger charge is 2.14. The normalized spacial score (nSPS) is 10.9. The van der Waals surface area contributed by atoms with Gasteiger partial charge in [-0.1, -0.05) is 30.3 Å². The molecule has 21 heavy (non-hydrogen) atoms. The van der Waals surface area contributed by atoms with Gasteiger partial charge < -0.3 is 4.74 Å². The Labute approximate surface area is 129 Å². The third-order valence-corrected chi connectivity index (χ3v) is 4.23. The summed E-state index contributed by atoms with van der Waals surface area (Å²) >= 11 is 5.75. The van der Waals surface area contributed by atoms with Crippen LogP contribution in [-0.2, 0) is 10.0 Å². The highest BCUT2D eigenvalue weighted by Crippen LogP contribution is 2.21. The van der Waals surface area contributed by atoms with Gasteiger partial charge in [0.25, 0.3) is 10.0 Å². The quantitative estimate of drug-likeness (QED) is 0.825. The van der Waals surface area contributed by atoms with Crippen LogP contribution in [0.25, 0.3) is 0 Å². The molecule has 0 spiro atoms. The molecule has 0 heterocycles. The van der Waals surface area contributed by atoms with Gasteiger partial charge in [-0.3, -0.25) is 4.72 Å². The zero-order valence-corrected chi connectivity index (χ0v) is 12.7. The highest BCUT2D eigenvalue weighted by atomic mass is 35.5. The first kappa shape index (κ1) is 15.4. The average Bonchev–Trinajstić information content (AvgIpc) is 2.45. The lowest BCUT2D eigenvalue weighted by Gasteiger charge is -2.10. The van der Waals surface area contributed by atoms with Crippen LogP contribution in [0.15, 0.2) is 66.1 Å². The number of hydrogen-bond donors (Lipinski definition) is 1. The van der Waals surface area contributed by atoms with Gasteiger partial charge in [0.05, 0.1) is 10.6 Å². The molecule has 2 aromatic rings. The molecule has 0 aliphatic carbocycles. The molecule has 0 aliphatic rings. The molecule has 0 saturated carbocycles. The minimum Gasteiger partial charge on any atom is -0.489 e. The van der Waals surface area contributed by atoms with Gasteiger partial charge in [0.2, 0.25) is 0 Å². The maximum atomic E-state index is 12.2. The molecule has 0 saturated heterocycles. The van der Waals surface area contributed by atoms with E-state index >= 15 is 0 Å². The Morgan fingerprint density at radius 3 is 2.57 bits per heavy atom. The standard InChI is InChI=1S/C15H14ClNO3S/c1-2-10-20-14-5-3-4-13(11-14)17-21(18,19)15-8-6-12(16)7-9-15/h2-9,11,17H,1,10H2. The molecule has 0 aromatic heterocycles. The Hall–Kier alpha value is -1.98.